The van der Waals surface area contributed by atoms with Crippen LogP contribution in [0.15, 0.2) is 24.3 Å². The summed E-state index contributed by atoms with van der Waals surface area (Å²) in [4.78, 5) is 10.2. The summed E-state index contributed by atoms with van der Waals surface area (Å²) in [6, 6.07) is 8.64. The van der Waals surface area contributed by atoms with Crippen molar-refractivity contribution in [1.82, 2.24) is 0 Å². The average Bonchev–Trinajstić information content (AvgIpc) is 2.25. The summed E-state index contributed by atoms with van der Waals surface area (Å²) in [7, 11) is 0. The Hall–Kier alpha value is -1.11. The molecule has 0 N–H and O–H groups in total. The summed E-state index contributed by atoms with van der Waals surface area (Å²) in [5.41, 5.74) is 2.66. The number of carbonyl (C=O) groups excluding carboxylic acids is 1. The third-order valence-corrected chi connectivity index (χ3v) is 2.58. The van der Waals surface area contributed by atoms with Crippen molar-refractivity contribution in [2.24, 2.45) is 5.92 Å². The quantitative estimate of drug-likeness (QED) is 0.649. The van der Waals surface area contributed by atoms with E-state index >= 15 is 0 Å². The molecule has 0 bridgehead atoms. The lowest BCUT2D eigenvalue weighted by molar-refractivity contribution is -0.107. The van der Waals surface area contributed by atoms with Crippen LogP contribution in [0, 0.1) is 5.92 Å². The van der Waals surface area contributed by atoms with E-state index in [1.165, 1.54) is 17.5 Å². The molecule has 1 heteroatoms. The molecule has 0 aliphatic rings. The van der Waals surface area contributed by atoms with E-state index in [2.05, 4.69) is 38.1 Å². The van der Waals surface area contributed by atoms with E-state index in [-0.39, 0.29) is 0 Å². The lowest BCUT2D eigenvalue weighted by Crippen LogP contribution is -1.93. The third kappa shape index (κ3) is 4.78. The molecule has 15 heavy (non-hydrogen) atoms. The van der Waals surface area contributed by atoms with Gasteiger partial charge in [0.25, 0.3) is 0 Å². The van der Waals surface area contributed by atoms with Crippen molar-refractivity contribution in [2.45, 2.75) is 39.5 Å². The fraction of sp³-hybridized carbons (Fsp3) is 0.500. The molecule has 0 saturated heterocycles. The van der Waals surface area contributed by atoms with E-state index in [1.54, 1.807) is 0 Å². The predicted molar refractivity (Wildman–Crippen MR) is 64.0 cm³/mol. The van der Waals surface area contributed by atoms with E-state index in [0.717, 1.165) is 25.0 Å². The van der Waals surface area contributed by atoms with Gasteiger partial charge in [-0.05, 0) is 36.3 Å². The molecule has 0 saturated carbocycles. The minimum atomic E-state index is 0.630. The zero-order chi connectivity index (χ0) is 11.1. The number of aryl methyl sites for hydroxylation is 2. The molecule has 0 atom stereocenters. The summed E-state index contributed by atoms with van der Waals surface area (Å²) >= 11 is 0. The van der Waals surface area contributed by atoms with Crippen LogP contribution in [-0.2, 0) is 17.6 Å². The van der Waals surface area contributed by atoms with Crippen molar-refractivity contribution in [1.29, 1.82) is 0 Å². The first-order valence-electron chi connectivity index (χ1n) is 5.74. The highest BCUT2D eigenvalue weighted by atomic mass is 16.1. The van der Waals surface area contributed by atoms with Gasteiger partial charge in [-0.2, -0.15) is 0 Å². The second-order valence-corrected chi connectivity index (χ2v) is 4.45. The Bertz CT molecular complexity index is 285. The van der Waals surface area contributed by atoms with E-state index in [9.17, 15) is 4.79 Å². The van der Waals surface area contributed by atoms with Crippen LogP contribution in [0.25, 0.3) is 0 Å². The number of carbonyl (C=O) groups is 1. The van der Waals surface area contributed by atoms with Gasteiger partial charge in [-0.1, -0.05) is 38.1 Å². The van der Waals surface area contributed by atoms with E-state index in [0.29, 0.717) is 6.42 Å². The molecule has 1 rings (SSSR count). The highest BCUT2D eigenvalue weighted by Crippen LogP contribution is 2.11. The van der Waals surface area contributed by atoms with Gasteiger partial charge in [-0.15, -0.1) is 0 Å². The van der Waals surface area contributed by atoms with Crippen molar-refractivity contribution in [2.75, 3.05) is 0 Å². The van der Waals surface area contributed by atoms with Crippen LogP contribution in [0.2, 0.25) is 0 Å². The number of rotatable bonds is 6. The fourth-order valence-corrected chi connectivity index (χ4v) is 1.55. The Labute approximate surface area is 92.5 Å². The maximum atomic E-state index is 10.2. The molecule has 0 aliphatic heterocycles. The Balaban J connectivity index is 2.45. The molecular formula is C14H20O. The van der Waals surface area contributed by atoms with Crippen molar-refractivity contribution in [3.05, 3.63) is 35.4 Å². The molecule has 1 aromatic carbocycles. The summed E-state index contributed by atoms with van der Waals surface area (Å²) in [5.74, 6) is 0.764. The van der Waals surface area contributed by atoms with Gasteiger partial charge in [0.05, 0.1) is 0 Å². The van der Waals surface area contributed by atoms with Crippen molar-refractivity contribution in [3.63, 3.8) is 0 Å². The third-order valence-electron chi connectivity index (χ3n) is 2.58. The molecule has 0 heterocycles. The minimum Gasteiger partial charge on any atom is -0.303 e. The van der Waals surface area contributed by atoms with Crippen LogP contribution in [0.5, 0.6) is 0 Å². The van der Waals surface area contributed by atoms with Crippen LogP contribution < -0.4 is 0 Å². The van der Waals surface area contributed by atoms with Gasteiger partial charge in [0.15, 0.2) is 0 Å². The van der Waals surface area contributed by atoms with Gasteiger partial charge in [0.2, 0.25) is 0 Å². The highest BCUT2D eigenvalue weighted by molar-refractivity contribution is 5.50. The second-order valence-electron chi connectivity index (χ2n) is 4.45. The van der Waals surface area contributed by atoms with Crippen LogP contribution in [0.1, 0.15) is 37.8 Å². The first-order chi connectivity index (χ1) is 7.22. The summed E-state index contributed by atoms with van der Waals surface area (Å²) in [6.45, 7) is 4.50. The van der Waals surface area contributed by atoms with Gasteiger partial charge in [-0.25, -0.2) is 0 Å². The van der Waals surface area contributed by atoms with Crippen molar-refractivity contribution < 1.29 is 4.79 Å². The van der Waals surface area contributed by atoms with Gasteiger partial charge < -0.3 is 4.79 Å². The van der Waals surface area contributed by atoms with Gasteiger partial charge in [0, 0.05) is 6.42 Å². The number of benzene rings is 1. The molecule has 0 spiro atoms. The summed E-state index contributed by atoms with van der Waals surface area (Å²) in [5, 5.41) is 0. The molecule has 82 valence electrons. The number of hydrogen-bond donors (Lipinski definition) is 0. The van der Waals surface area contributed by atoms with Gasteiger partial charge in [-0.3, -0.25) is 0 Å². The number of hydrogen-bond acceptors (Lipinski definition) is 1. The first kappa shape index (κ1) is 12.0. The van der Waals surface area contributed by atoms with Crippen molar-refractivity contribution in [3.8, 4) is 0 Å². The predicted octanol–water partition coefficient (Wildman–Crippen LogP) is 3.41. The average molecular weight is 204 g/mol. The molecule has 0 fully saturated rings. The second kappa shape index (κ2) is 6.39. The Morgan fingerprint density at radius 2 is 1.60 bits per heavy atom. The van der Waals surface area contributed by atoms with Crippen LogP contribution in [-0.4, -0.2) is 6.29 Å². The van der Waals surface area contributed by atoms with E-state index in [1.807, 2.05) is 0 Å². The summed E-state index contributed by atoms with van der Waals surface area (Å²) in [6.07, 6.45) is 4.88. The standard InChI is InChI=1S/C14H20O/c1-12(2)5-6-14-9-7-13(8-10-14)4-3-11-15/h7-12H,3-6H2,1-2H3. The zero-order valence-electron chi connectivity index (χ0n) is 9.70. The van der Waals surface area contributed by atoms with Crippen molar-refractivity contribution >= 4 is 6.29 Å². The monoisotopic (exact) mass is 204 g/mol. The molecule has 0 aliphatic carbocycles. The highest BCUT2D eigenvalue weighted by Gasteiger charge is 1.97. The van der Waals surface area contributed by atoms with Crippen LogP contribution >= 0.6 is 0 Å². The molecule has 0 amide bonds. The Morgan fingerprint density at radius 1 is 1.07 bits per heavy atom. The molecule has 1 nitrogen and oxygen atoms in total. The van der Waals surface area contributed by atoms with Crippen LogP contribution in [0.3, 0.4) is 0 Å². The largest absolute Gasteiger partial charge is 0.303 e. The lowest BCUT2D eigenvalue weighted by atomic mass is 10.0. The number of aldehydes is 1. The van der Waals surface area contributed by atoms with Gasteiger partial charge >= 0.3 is 0 Å². The Kier molecular flexibility index (Phi) is 5.09. The normalized spacial score (nSPS) is 10.6. The van der Waals surface area contributed by atoms with E-state index < -0.39 is 0 Å². The minimum absolute atomic E-state index is 0.630. The molecule has 0 aromatic heterocycles. The van der Waals surface area contributed by atoms with Crippen LogP contribution in [0.4, 0.5) is 0 Å². The lowest BCUT2D eigenvalue weighted by Gasteiger charge is -2.05. The topological polar surface area (TPSA) is 17.1 Å². The molecule has 0 radical (unpaired) electrons. The summed E-state index contributed by atoms with van der Waals surface area (Å²) < 4.78 is 0. The van der Waals surface area contributed by atoms with E-state index in [4.69, 9.17) is 0 Å². The zero-order valence-corrected chi connectivity index (χ0v) is 9.70. The smallest absolute Gasteiger partial charge is 0.120 e. The fourth-order valence-electron chi connectivity index (χ4n) is 1.55. The first-order valence-corrected chi connectivity index (χ1v) is 5.74. The molecule has 1 aromatic rings. The maximum absolute atomic E-state index is 10.2. The maximum Gasteiger partial charge on any atom is 0.120 e. The van der Waals surface area contributed by atoms with Gasteiger partial charge in [0.1, 0.15) is 6.29 Å². The molecular weight excluding hydrogens is 184 g/mol. The SMILES string of the molecule is CC(C)CCc1ccc(CCC=O)cc1. The molecule has 0 unspecified atom stereocenters. The Morgan fingerprint density at radius 3 is 2.07 bits per heavy atom.